The van der Waals surface area contributed by atoms with E-state index in [-0.39, 0.29) is 18.2 Å². The lowest BCUT2D eigenvalue weighted by atomic mass is 10.2. The second-order valence-electron chi connectivity index (χ2n) is 3.49. The van der Waals surface area contributed by atoms with Gasteiger partial charge in [-0.15, -0.1) is 0 Å². The monoisotopic (exact) mass is 313 g/mol. The van der Waals surface area contributed by atoms with Gasteiger partial charge in [-0.1, -0.05) is 29.9 Å². The average molecular weight is 314 g/mol. The van der Waals surface area contributed by atoms with Gasteiger partial charge in [0.25, 0.3) is 0 Å². The summed E-state index contributed by atoms with van der Waals surface area (Å²) < 4.78 is 45.1. The summed E-state index contributed by atoms with van der Waals surface area (Å²) in [6.07, 6.45) is -4.35. The van der Waals surface area contributed by atoms with Gasteiger partial charge in [0.05, 0.1) is 17.2 Å². The Kier molecular flexibility index (Phi) is 5.84. The van der Waals surface area contributed by atoms with E-state index < -0.39 is 12.8 Å². The molecule has 3 nitrogen and oxygen atoms in total. The van der Waals surface area contributed by atoms with Gasteiger partial charge in [-0.3, -0.25) is 0 Å². The van der Waals surface area contributed by atoms with Crippen molar-refractivity contribution < 1.29 is 22.6 Å². The van der Waals surface area contributed by atoms with Crippen LogP contribution in [-0.2, 0) is 4.74 Å². The van der Waals surface area contributed by atoms with Crippen LogP contribution in [0.25, 0.3) is 0 Å². The normalized spacial score (nSPS) is 11.4. The molecule has 0 spiro atoms. The van der Waals surface area contributed by atoms with Crippen LogP contribution in [-0.4, -0.2) is 31.0 Å². The number of benzene rings is 1. The third kappa shape index (κ3) is 5.63. The Hall–Kier alpha value is -1.05. The van der Waals surface area contributed by atoms with E-state index in [2.05, 4.69) is 4.74 Å². The molecule has 0 aliphatic rings. The fraction of sp³-hybridized carbons (Fsp3) is 0.364. The smallest absolute Gasteiger partial charge is 0.411 e. The maximum absolute atomic E-state index is 11.8. The molecule has 0 saturated heterocycles. The van der Waals surface area contributed by atoms with Crippen molar-refractivity contribution in [3.8, 4) is 5.75 Å². The molecule has 0 saturated carbocycles. The van der Waals surface area contributed by atoms with E-state index in [9.17, 15) is 13.2 Å². The molecule has 0 fully saturated rings. The average Bonchev–Trinajstić information content (AvgIpc) is 2.26. The number of halogens is 4. The van der Waals surface area contributed by atoms with Gasteiger partial charge in [-0.25, -0.2) is 0 Å². The quantitative estimate of drug-likeness (QED) is 0.648. The second kappa shape index (κ2) is 6.93. The standard InChI is InChI=1S/C11H11ClF3NO2S/c12-7-2-1-3-8(9(7)10(16)19)18-5-4-17-6-11(13,14)15/h1-3H,4-6H2,(H2,16,19). The van der Waals surface area contributed by atoms with Crippen molar-refractivity contribution in [1.29, 1.82) is 0 Å². The van der Waals surface area contributed by atoms with E-state index >= 15 is 0 Å². The summed E-state index contributed by atoms with van der Waals surface area (Å²) in [7, 11) is 0. The van der Waals surface area contributed by atoms with Crippen LogP contribution in [0.5, 0.6) is 5.75 Å². The fourth-order valence-electron chi connectivity index (χ4n) is 1.26. The molecule has 0 aromatic heterocycles. The highest BCUT2D eigenvalue weighted by Crippen LogP contribution is 2.26. The molecular formula is C11H11ClF3NO2S. The lowest BCUT2D eigenvalue weighted by Gasteiger charge is -2.12. The molecule has 106 valence electrons. The molecule has 0 radical (unpaired) electrons. The van der Waals surface area contributed by atoms with E-state index in [1.807, 2.05) is 0 Å². The molecule has 1 aromatic carbocycles. The number of ether oxygens (including phenoxy) is 2. The largest absolute Gasteiger partial charge is 0.490 e. The lowest BCUT2D eigenvalue weighted by Crippen LogP contribution is -2.20. The third-order valence-electron chi connectivity index (χ3n) is 1.97. The van der Waals surface area contributed by atoms with Crippen molar-refractivity contribution in [2.75, 3.05) is 19.8 Å². The topological polar surface area (TPSA) is 44.5 Å². The maximum atomic E-state index is 11.8. The SMILES string of the molecule is NC(=S)c1c(Cl)cccc1OCCOCC(F)(F)F. The Morgan fingerprint density at radius 1 is 1.32 bits per heavy atom. The van der Waals surface area contributed by atoms with Gasteiger partial charge in [-0.05, 0) is 12.1 Å². The van der Waals surface area contributed by atoms with E-state index in [1.54, 1.807) is 18.2 Å². The van der Waals surface area contributed by atoms with E-state index in [0.717, 1.165) is 0 Å². The summed E-state index contributed by atoms with van der Waals surface area (Å²) in [6, 6.07) is 4.78. The predicted octanol–water partition coefficient (Wildman–Crippen LogP) is 2.93. The van der Waals surface area contributed by atoms with Crippen molar-refractivity contribution in [1.82, 2.24) is 0 Å². The van der Waals surface area contributed by atoms with Crippen LogP contribution in [0.15, 0.2) is 18.2 Å². The van der Waals surface area contributed by atoms with E-state index in [0.29, 0.717) is 16.3 Å². The first-order valence-corrected chi connectivity index (χ1v) is 5.95. The van der Waals surface area contributed by atoms with Crippen molar-refractivity contribution in [2.24, 2.45) is 5.73 Å². The molecule has 0 bridgehead atoms. The summed E-state index contributed by atoms with van der Waals surface area (Å²) >= 11 is 10.7. The van der Waals surface area contributed by atoms with Gasteiger partial charge in [0, 0.05) is 0 Å². The zero-order valence-corrected chi connectivity index (χ0v) is 11.2. The summed E-state index contributed by atoms with van der Waals surface area (Å²) in [5, 5.41) is 0.321. The van der Waals surface area contributed by atoms with Crippen LogP contribution in [0.4, 0.5) is 13.2 Å². The molecule has 2 N–H and O–H groups in total. The molecular weight excluding hydrogens is 303 g/mol. The van der Waals surface area contributed by atoms with Crippen LogP contribution in [0.1, 0.15) is 5.56 Å². The summed E-state index contributed by atoms with van der Waals surface area (Å²) in [5.74, 6) is 0.315. The number of nitrogens with two attached hydrogens (primary N) is 1. The van der Waals surface area contributed by atoms with Gasteiger partial charge in [0.1, 0.15) is 24.0 Å². The fourth-order valence-corrected chi connectivity index (χ4v) is 1.80. The molecule has 0 unspecified atom stereocenters. The van der Waals surface area contributed by atoms with E-state index in [4.69, 9.17) is 34.3 Å². The van der Waals surface area contributed by atoms with Crippen molar-refractivity contribution in [2.45, 2.75) is 6.18 Å². The van der Waals surface area contributed by atoms with Crippen LogP contribution in [0.3, 0.4) is 0 Å². The Morgan fingerprint density at radius 2 is 2.00 bits per heavy atom. The molecule has 0 amide bonds. The lowest BCUT2D eigenvalue weighted by molar-refractivity contribution is -0.175. The summed E-state index contributed by atoms with van der Waals surface area (Å²) in [5.41, 5.74) is 5.85. The molecule has 1 aromatic rings. The number of rotatable bonds is 6. The van der Waals surface area contributed by atoms with Crippen LogP contribution in [0, 0.1) is 0 Å². The number of thiocarbonyl (C=S) groups is 1. The van der Waals surface area contributed by atoms with Crippen LogP contribution < -0.4 is 10.5 Å². The second-order valence-corrected chi connectivity index (χ2v) is 4.34. The number of hydrogen-bond acceptors (Lipinski definition) is 3. The zero-order chi connectivity index (χ0) is 14.5. The predicted molar refractivity (Wildman–Crippen MR) is 69.7 cm³/mol. The third-order valence-corrected chi connectivity index (χ3v) is 2.49. The first kappa shape index (κ1) is 16.0. The summed E-state index contributed by atoms with van der Waals surface area (Å²) in [6.45, 7) is -1.58. The Morgan fingerprint density at radius 3 is 2.58 bits per heavy atom. The first-order chi connectivity index (χ1) is 8.81. The highest BCUT2D eigenvalue weighted by Gasteiger charge is 2.27. The van der Waals surface area contributed by atoms with Gasteiger partial charge >= 0.3 is 6.18 Å². The highest BCUT2D eigenvalue weighted by atomic mass is 35.5. The van der Waals surface area contributed by atoms with Gasteiger partial charge in [0.15, 0.2) is 0 Å². The molecule has 0 heterocycles. The summed E-state index contributed by atoms with van der Waals surface area (Å²) in [4.78, 5) is 0.0526. The minimum atomic E-state index is -4.35. The van der Waals surface area contributed by atoms with E-state index in [1.165, 1.54) is 0 Å². The van der Waals surface area contributed by atoms with Crippen molar-refractivity contribution in [3.63, 3.8) is 0 Å². The zero-order valence-electron chi connectivity index (χ0n) is 9.67. The molecule has 19 heavy (non-hydrogen) atoms. The minimum Gasteiger partial charge on any atom is -0.490 e. The van der Waals surface area contributed by atoms with Gasteiger partial charge in [0.2, 0.25) is 0 Å². The van der Waals surface area contributed by atoms with Gasteiger partial charge < -0.3 is 15.2 Å². The molecule has 1 rings (SSSR count). The van der Waals surface area contributed by atoms with Crippen molar-refractivity contribution >= 4 is 28.8 Å². The highest BCUT2D eigenvalue weighted by molar-refractivity contribution is 7.80. The molecule has 0 aliphatic carbocycles. The number of alkyl halides is 3. The molecule has 8 heteroatoms. The minimum absolute atomic E-state index is 0.0526. The van der Waals surface area contributed by atoms with Gasteiger partial charge in [-0.2, -0.15) is 13.2 Å². The van der Waals surface area contributed by atoms with Crippen LogP contribution in [0.2, 0.25) is 5.02 Å². The van der Waals surface area contributed by atoms with Crippen molar-refractivity contribution in [3.05, 3.63) is 28.8 Å². The van der Waals surface area contributed by atoms with Crippen LogP contribution >= 0.6 is 23.8 Å². The Labute approximate surface area is 118 Å². The number of hydrogen-bond donors (Lipinski definition) is 1. The first-order valence-electron chi connectivity index (χ1n) is 5.17. The Balaban J connectivity index is 2.50. The molecule has 0 atom stereocenters. The molecule has 0 aliphatic heterocycles. The Bertz CT molecular complexity index is 454. The maximum Gasteiger partial charge on any atom is 0.411 e.